The number of thioether (sulfide) groups is 1. The summed E-state index contributed by atoms with van der Waals surface area (Å²) in [6.45, 7) is 7.69. The molecule has 0 radical (unpaired) electrons. The molecular formula is C12H23F3N2S. The Kier molecular flexibility index (Phi) is 6.81. The van der Waals surface area contributed by atoms with Crippen LogP contribution in [0, 0.1) is 5.92 Å². The molecule has 1 saturated heterocycles. The van der Waals surface area contributed by atoms with Crippen molar-refractivity contribution in [1.29, 1.82) is 0 Å². The van der Waals surface area contributed by atoms with E-state index in [1.807, 2.05) is 0 Å². The molecule has 18 heavy (non-hydrogen) atoms. The molecule has 0 spiro atoms. The van der Waals surface area contributed by atoms with Gasteiger partial charge in [-0.3, -0.25) is 0 Å². The minimum absolute atomic E-state index is 0.0858. The standard InChI is InChI=1S/C12H23F3N2S/c1-3-5-16-11-4-6-17(9-10(11)2)7-8-18-12(13,14)15/h10-11,16H,3-9H2,1-2H3. The molecule has 6 heteroatoms. The average molecular weight is 284 g/mol. The highest BCUT2D eigenvalue weighted by Gasteiger charge is 2.29. The molecule has 0 amide bonds. The third-order valence-corrected chi connectivity index (χ3v) is 4.03. The van der Waals surface area contributed by atoms with Crippen LogP contribution in [0.5, 0.6) is 0 Å². The fraction of sp³-hybridized carbons (Fsp3) is 1.00. The number of rotatable bonds is 6. The second-order valence-electron chi connectivity index (χ2n) is 4.92. The van der Waals surface area contributed by atoms with Crippen LogP contribution >= 0.6 is 11.8 Å². The molecule has 2 unspecified atom stereocenters. The van der Waals surface area contributed by atoms with Gasteiger partial charge in [-0.05, 0) is 43.6 Å². The van der Waals surface area contributed by atoms with Crippen LogP contribution < -0.4 is 5.32 Å². The van der Waals surface area contributed by atoms with Crippen LogP contribution in [-0.4, -0.2) is 48.4 Å². The lowest BCUT2D eigenvalue weighted by Gasteiger charge is -2.37. The van der Waals surface area contributed by atoms with Crippen molar-refractivity contribution in [1.82, 2.24) is 10.2 Å². The van der Waals surface area contributed by atoms with Gasteiger partial charge >= 0.3 is 5.51 Å². The second-order valence-corrected chi connectivity index (χ2v) is 6.08. The molecule has 0 aliphatic carbocycles. The SMILES string of the molecule is CCCNC1CCN(CCSC(F)(F)F)CC1C. The van der Waals surface area contributed by atoms with Crippen molar-refractivity contribution in [2.24, 2.45) is 5.92 Å². The molecule has 1 N–H and O–H groups in total. The summed E-state index contributed by atoms with van der Waals surface area (Å²) >= 11 is 0.0858. The number of halogens is 3. The maximum absolute atomic E-state index is 12.0. The Balaban J connectivity index is 2.20. The molecule has 0 saturated carbocycles. The second kappa shape index (κ2) is 7.60. The van der Waals surface area contributed by atoms with Crippen LogP contribution in [-0.2, 0) is 0 Å². The molecule has 1 heterocycles. The van der Waals surface area contributed by atoms with Gasteiger partial charge in [0.1, 0.15) is 0 Å². The van der Waals surface area contributed by atoms with E-state index in [2.05, 4.69) is 24.1 Å². The van der Waals surface area contributed by atoms with E-state index < -0.39 is 5.51 Å². The summed E-state index contributed by atoms with van der Waals surface area (Å²) in [6, 6.07) is 0.525. The van der Waals surface area contributed by atoms with Crippen LogP contribution in [0.25, 0.3) is 0 Å². The molecule has 1 aliphatic rings. The highest BCUT2D eigenvalue weighted by molar-refractivity contribution is 8.00. The van der Waals surface area contributed by atoms with Crippen molar-refractivity contribution >= 4 is 11.8 Å². The Labute approximate surface area is 112 Å². The van der Waals surface area contributed by atoms with Crippen molar-refractivity contribution in [3.05, 3.63) is 0 Å². The van der Waals surface area contributed by atoms with Gasteiger partial charge in [0.15, 0.2) is 0 Å². The first-order valence-corrected chi connectivity index (χ1v) is 7.57. The molecule has 2 nitrogen and oxygen atoms in total. The van der Waals surface area contributed by atoms with Crippen molar-refractivity contribution < 1.29 is 13.2 Å². The van der Waals surface area contributed by atoms with Gasteiger partial charge in [-0.1, -0.05) is 13.8 Å². The summed E-state index contributed by atoms with van der Waals surface area (Å²) in [4.78, 5) is 2.15. The third-order valence-electron chi connectivity index (χ3n) is 3.32. The fourth-order valence-electron chi connectivity index (χ4n) is 2.36. The number of hydrogen-bond acceptors (Lipinski definition) is 3. The molecule has 0 aromatic rings. The first kappa shape index (κ1) is 16.1. The van der Waals surface area contributed by atoms with Crippen molar-refractivity contribution in [3.63, 3.8) is 0 Å². The topological polar surface area (TPSA) is 15.3 Å². The molecular weight excluding hydrogens is 261 g/mol. The Bertz CT molecular complexity index is 236. The zero-order valence-corrected chi connectivity index (χ0v) is 11.9. The van der Waals surface area contributed by atoms with Crippen molar-refractivity contribution in [2.45, 2.75) is 38.2 Å². The van der Waals surface area contributed by atoms with E-state index in [-0.39, 0.29) is 17.5 Å². The molecule has 2 atom stereocenters. The minimum atomic E-state index is -4.09. The number of nitrogens with zero attached hydrogens (tertiary/aromatic N) is 1. The zero-order chi connectivity index (χ0) is 13.6. The number of likely N-dealkylation sites (tertiary alicyclic amines) is 1. The van der Waals surface area contributed by atoms with E-state index in [0.717, 1.165) is 32.5 Å². The molecule has 0 bridgehead atoms. The Morgan fingerprint density at radius 3 is 2.67 bits per heavy atom. The summed E-state index contributed by atoms with van der Waals surface area (Å²) in [5.41, 5.74) is -4.09. The summed E-state index contributed by atoms with van der Waals surface area (Å²) in [5, 5.41) is 3.51. The van der Waals surface area contributed by atoms with E-state index >= 15 is 0 Å². The number of hydrogen-bond donors (Lipinski definition) is 1. The quantitative estimate of drug-likeness (QED) is 0.807. The predicted octanol–water partition coefficient (Wildman–Crippen LogP) is 2.95. The van der Waals surface area contributed by atoms with Crippen LogP contribution in [0.3, 0.4) is 0 Å². The van der Waals surface area contributed by atoms with Gasteiger partial charge in [0, 0.05) is 24.9 Å². The van der Waals surface area contributed by atoms with Crippen LogP contribution in [0.15, 0.2) is 0 Å². The van der Waals surface area contributed by atoms with Crippen molar-refractivity contribution in [2.75, 3.05) is 31.9 Å². The summed E-state index contributed by atoms with van der Waals surface area (Å²) in [7, 11) is 0. The van der Waals surface area contributed by atoms with E-state index in [4.69, 9.17) is 0 Å². The number of nitrogens with one attached hydrogen (secondary N) is 1. The fourth-order valence-corrected chi connectivity index (χ4v) is 2.94. The van der Waals surface area contributed by atoms with Crippen molar-refractivity contribution in [3.8, 4) is 0 Å². The molecule has 0 aromatic carbocycles. The largest absolute Gasteiger partial charge is 0.441 e. The highest BCUT2D eigenvalue weighted by atomic mass is 32.2. The summed E-state index contributed by atoms with van der Waals surface area (Å²) < 4.78 is 36.1. The molecule has 1 aliphatic heterocycles. The minimum Gasteiger partial charge on any atom is -0.314 e. The van der Waals surface area contributed by atoms with Gasteiger partial charge in [0.05, 0.1) is 0 Å². The average Bonchev–Trinajstić information content (AvgIpc) is 2.26. The monoisotopic (exact) mass is 284 g/mol. The van der Waals surface area contributed by atoms with Gasteiger partial charge in [-0.25, -0.2) is 0 Å². The van der Waals surface area contributed by atoms with E-state index in [0.29, 0.717) is 18.5 Å². The first-order valence-electron chi connectivity index (χ1n) is 6.58. The Morgan fingerprint density at radius 1 is 1.39 bits per heavy atom. The van der Waals surface area contributed by atoms with Gasteiger partial charge in [0.25, 0.3) is 0 Å². The molecule has 1 rings (SSSR count). The lowest BCUT2D eigenvalue weighted by Crippen LogP contribution is -2.49. The number of alkyl halides is 3. The molecule has 0 aromatic heterocycles. The highest BCUT2D eigenvalue weighted by Crippen LogP contribution is 2.30. The predicted molar refractivity (Wildman–Crippen MR) is 70.8 cm³/mol. The van der Waals surface area contributed by atoms with Gasteiger partial charge in [-0.2, -0.15) is 13.2 Å². The Hall–Kier alpha value is 0.0600. The first-order chi connectivity index (χ1) is 8.42. The third kappa shape index (κ3) is 6.29. The molecule has 1 fully saturated rings. The van der Waals surface area contributed by atoms with E-state index in [1.54, 1.807) is 0 Å². The van der Waals surface area contributed by atoms with E-state index in [9.17, 15) is 13.2 Å². The Morgan fingerprint density at radius 2 is 2.11 bits per heavy atom. The van der Waals surface area contributed by atoms with Gasteiger partial charge < -0.3 is 10.2 Å². The van der Waals surface area contributed by atoms with Gasteiger partial charge in [0.2, 0.25) is 0 Å². The van der Waals surface area contributed by atoms with Crippen LogP contribution in [0.1, 0.15) is 26.7 Å². The summed E-state index contributed by atoms with van der Waals surface area (Å²) in [6.07, 6.45) is 2.16. The number of piperidine rings is 1. The lowest BCUT2D eigenvalue weighted by molar-refractivity contribution is -0.0329. The maximum atomic E-state index is 12.0. The smallest absolute Gasteiger partial charge is 0.314 e. The lowest BCUT2D eigenvalue weighted by atomic mass is 9.94. The maximum Gasteiger partial charge on any atom is 0.441 e. The van der Waals surface area contributed by atoms with Gasteiger partial charge in [-0.15, -0.1) is 0 Å². The van der Waals surface area contributed by atoms with Crippen LogP contribution in [0.2, 0.25) is 0 Å². The normalized spacial score (nSPS) is 26.5. The zero-order valence-electron chi connectivity index (χ0n) is 11.1. The molecule has 108 valence electrons. The summed E-state index contributed by atoms with van der Waals surface area (Å²) in [5.74, 6) is 0.657. The van der Waals surface area contributed by atoms with Crippen LogP contribution in [0.4, 0.5) is 13.2 Å². The van der Waals surface area contributed by atoms with E-state index in [1.165, 1.54) is 0 Å².